The molecule has 0 aliphatic carbocycles. The monoisotopic (exact) mass is 354 g/mol. The molecule has 1 heterocycles. The van der Waals surface area contributed by atoms with Crippen LogP contribution in [0.4, 0.5) is 0 Å². The molecule has 1 aromatic carbocycles. The molecular weight excluding hydrogens is 335 g/mol. The number of hydrogen-bond acceptors (Lipinski definition) is 4. The summed E-state index contributed by atoms with van der Waals surface area (Å²) in [4.78, 5) is 4.00. The highest BCUT2D eigenvalue weighted by molar-refractivity contribution is 6.32. The molecule has 124 valence electrons. The number of rotatable bonds is 8. The van der Waals surface area contributed by atoms with Gasteiger partial charge in [0.15, 0.2) is 11.5 Å². The molecule has 2 aromatic rings. The highest BCUT2D eigenvalue weighted by Crippen LogP contribution is 2.36. The fourth-order valence-corrected chi connectivity index (χ4v) is 2.30. The minimum atomic E-state index is 0. The van der Waals surface area contributed by atoms with Crippen LogP contribution in [0.1, 0.15) is 11.1 Å². The highest BCUT2D eigenvalue weighted by Gasteiger charge is 2.11. The molecule has 0 atom stereocenters. The van der Waals surface area contributed by atoms with Gasteiger partial charge in [0.1, 0.15) is 6.61 Å². The first kappa shape index (κ1) is 19.3. The Bertz CT molecular complexity index is 621. The van der Waals surface area contributed by atoms with E-state index in [0.717, 1.165) is 12.1 Å². The van der Waals surface area contributed by atoms with Gasteiger partial charge in [-0.1, -0.05) is 24.3 Å². The third kappa shape index (κ3) is 5.75. The lowest BCUT2D eigenvalue weighted by Gasteiger charge is -2.13. The molecular formula is C17H20Cl2N2O2. The van der Waals surface area contributed by atoms with Gasteiger partial charge in [0.2, 0.25) is 0 Å². The molecule has 0 fully saturated rings. The number of nitrogens with one attached hydrogen (secondary N) is 1. The fourth-order valence-electron chi connectivity index (χ4n) is 2.01. The van der Waals surface area contributed by atoms with Crippen LogP contribution < -0.4 is 14.8 Å². The van der Waals surface area contributed by atoms with Crippen LogP contribution in [0.2, 0.25) is 5.02 Å². The Labute approximate surface area is 147 Å². The Morgan fingerprint density at radius 2 is 1.91 bits per heavy atom. The van der Waals surface area contributed by atoms with Gasteiger partial charge >= 0.3 is 0 Å². The Hall–Kier alpha value is -1.75. The average Bonchev–Trinajstić information content (AvgIpc) is 2.54. The van der Waals surface area contributed by atoms with Crippen molar-refractivity contribution in [3.8, 4) is 11.5 Å². The predicted molar refractivity (Wildman–Crippen MR) is 95.7 cm³/mol. The van der Waals surface area contributed by atoms with Gasteiger partial charge in [-0.3, -0.25) is 4.98 Å². The maximum absolute atomic E-state index is 6.27. The number of nitrogens with zero attached hydrogens (tertiary/aromatic N) is 1. The molecule has 0 saturated carbocycles. The van der Waals surface area contributed by atoms with Crippen LogP contribution in [-0.4, -0.2) is 18.7 Å². The van der Waals surface area contributed by atoms with Gasteiger partial charge in [0, 0.05) is 25.5 Å². The van der Waals surface area contributed by atoms with Crippen LogP contribution >= 0.6 is 24.0 Å². The van der Waals surface area contributed by atoms with E-state index in [1.165, 1.54) is 5.56 Å². The molecule has 0 aliphatic heterocycles. The van der Waals surface area contributed by atoms with E-state index in [4.69, 9.17) is 21.1 Å². The fraction of sp³-hybridized carbons (Fsp3) is 0.235. The standard InChI is InChI=1S/C17H19ClN2O2.ClH/c1-3-8-22-17-15(18)9-14(10-16(17)21-2)12-20-11-13-4-6-19-7-5-13;/h3-7,9-10,20H,1,8,11-12H2,2H3;1H. The molecule has 2 rings (SSSR count). The second-order valence-corrected chi connectivity index (χ2v) is 5.07. The molecule has 0 unspecified atom stereocenters. The maximum Gasteiger partial charge on any atom is 0.180 e. The molecule has 0 amide bonds. The van der Waals surface area contributed by atoms with E-state index in [1.54, 1.807) is 25.6 Å². The Kier molecular flexibility index (Phi) is 8.48. The molecule has 0 saturated heterocycles. The lowest BCUT2D eigenvalue weighted by Crippen LogP contribution is -2.13. The SMILES string of the molecule is C=CCOc1c(Cl)cc(CNCc2ccncc2)cc1OC.Cl. The van der Waals surface area contributed by atoms with Crippen molar-refractivity contribution in [2.45, 2.75) is 13.1 Å². The smallest absolute Gasteiger partial charge is 0.180 e. The van der Waals surface area contributed by atoms with Crippen LogP contribution in [0.5, 0.6) is 11.5 Å². The Morgan fingerprint density at radius 3 is 2.57 bits per heavy atom. The molecule has 23 heavy (non-hydrogen) atoms. The van der Waals surface area contributed by atoms with E-state index in [0.29, 0.717) is 29.7 Å². The van der Waals surface area contributed by atoms with E-state index >= 15 is 0 Å². The largest absolute Gasteiger partial charge is 0.493 e. The summed E-state index contributed by atoms with van der Waals surface area (Å²) in [6.45, 7) is 5.45. The van der Waals surface area contributed by atoms with Crippen molar-refractivity contribution in [1.29, 1.82) is 0 Å². The van der Waals surface area contributed by atoms with E-state index in [1.807, 2.05) is 24.3 Å². The summed E-state index contributed by atoms with van der Waals surface area (Å²) in [7, 11) is 1.60. The first-order valence-corrected chi connectivity index (χ1v) is 7.32. The zero-order chi connectivity index (χ0) is 15.8. The lowest BCUT2D eigenvalue weighted by atomic mass is 10.2. The topological polar surface area (TPSA) is 43.4 Å². The second-order valence-electron chi connectivity index (χ2n) is 4.67. The van der Waals surface area contributed by atoms with Crippen LogP contribution in [0.25, 0.3) is 0 Å². The second kappa shape index (κ2) is 10.1. The number of halogens is 2. The predicted octanol–water partition coefficient (Wildman–Crippen LogP) is 4.02. The van der Waals surface area contributed by atoms with Crippen molar-refractivity contribution < 1.29 is 9.47 Å². The molecule has 0 aliphatic rings. The summed E-state index contributed by atoms with van der Waals surface area (Å²) in [6.07, 6.45) is 5.23. The van der Waals surface area contributed by atoms with Gasteiger partial charge in [0.25, 0.3) is 0 Å². The molecule has 1 aromatic heterocycles. The third-order valence-electron chi connectivity index (χ3n) is 3.04. The van der Waals surface area contributed by atoms with Crippen molar-refractivity contribution in [3.05, 3.63) is 65.5 Å². The van der Waals surface area contributed by atoms with Crippen LogP contribution in [-0.2, 0) is 13.1 Å². The summed E-state index contributed by atoms with van der Waals surface area (Å²) in [6, 6.07) is 7.76. The minimum absolute atomic E-state index is 0. The van der Waals surface area contributed by atoms with Gasteiger partial charge in [-0.25, -0.2) is 0 Å². The van der Waals surface area contributed by atoms with Gasteiger partial charge in [0.05, 0.1) is 12.1 Å². The van der Waals surface area contributed by atoms with Crippen molar-refractivity contribution in [3.63, 3.8) is 0 Å². The molecule has 1 N–H and O–H groups in total. The number of benzene rings is 1. The van der Waals surface area contributed by atoms with E-state index in [2.05, 4.69) is 16.9 Å². The van der Waals surface area contributed by atoms with Gasteiger partial charge in [-0.05, 0) is 35.4 Å². The zero-order valence-electron chi connectivity index (χ0n) is 12.9. The number of methoxy groups -OCH3 is 1. The van der Waals surface area contributed by atoms with Crippen molar-refractivity contribution >= 4 is 24.0 Å². The van der Waals surface area contributed by atoms with E-state index in [9.17, 15) is 0 Å². The maximum atomic E-state index is 6.27. The third-order valence-corrected chi connectivity index (χ3v) is 3.32. The normalized spacial score (nSPS) is 9.83. The van der Waals surface area contributed by atoms with Crippen molar-refractivity contribution in [2.24, 2.45) is 0 Å². The van der Waals surface area contributed by atoms with Gasteiger partial charge in [-0.15, -0.1) is 12.4 Å². The van der Waals surface area contributed by atoms with Crippen LogP contribution in [0.3, 0.4) is 0 Å². The quantitative estimate of drug-likeness (QED) is 0.727. The zero-order valence-corrected chi connectivity index (χ0v) is 14.5. The molecule has 0 spiro atoms. The van der Waals surface area contributed by atoms with E-state index in [-0.39, 0.29) is 12.4 Å². The summed E-state index contributed by atoms with van der Waals surface area (Å²) in [5.41, 5.74) is 2.21. The number of hydrogen-bond donors (Lipinski definition) is 1. The number of aromatic nitrogens is 1. The molecule has 6 heteroatoms. The molecule has 0 radical (unpaired) electrons. The summed E-state index contributed by atoms with van der Waals surface area (Å²) in [5.74, 6) is 1.16. The Balaban J connectivity index is 0.00000264. The summed E-state index contributed by atoms with van der Waals surface area (Å²) in [5, 5.41) is 3.89. The Morgan fingerprint density at radius 1 is 1.22 bits per heavy atom. The number of pyridine rings is 1. The highest BCUT2D eigenvalue weighted by atomic mass is 35.5. The van der Waals surface area contributed by atoms with Gasteiger partial charge in [-0.2, -0.15) is 0 Å². The first-order valence-electron chi connectivity index (χ1n) is 6.94. The first-order chi connectivity index (χ1) is 10.7. The molecule has 4 nitrogen and oxygen atoms in total. The summed E-state index contributed by atoms with van der Waals surface area (Å²) < 4.78 is 10.9. The average molecular weight is 355 g/mol. The summed E-state index contributed by atoms with van der Waals surface area (Å²) >= 11 is 6.27. The van der Waals surface area contributed by atoms with E-state index < -0.39 is 0 Å². The lowest BCUT2D eigenvalue weighted by molar-refractivity contribution is 0.326. The van der Waals surface area contributed by atoms with Gasteiger partial charge < -0.3 is 14.8 Å². The molecule has 0 bridgehead atoms. The van der Waals surface area contributed by atoms with Crippen LogP contribution in [0.15, 0.2) is 49.3 Å². The minimum Gasteiger partial charge on any atom is -0.493 e. The van der Waals surface area contributed by atoms with Crippen molar-refractivity contribution in [2.75, 3.05) is 13.7 Å². The van der Waals surface area contributed by atoms with Crippen molar-refractivity contribution in [1.82, 2.24) is 10.3 Å². The van der Waals surface area contributed by atoms with Crippen LogP contribution in [0, 0.1) is 0 Å². The number of ether oxygens (including phenoxy) is 2.